The fourth-order valence-corrected chi connectivity index (χ4v) is 1.18. The summed E-state index contributed by atoms with van der Waals surface area (Å²) in [7, 11) is 1.00. The van der Waals surface area contributed by atoms with Crippen molar-refractivity contribution < 1.29 is 9.52 Å². The number of hydrogen-bond donors (Lipinski definition) is 1. The van der Waals surface area contributed by atoms with Gasteiger partial charge in [0.1, 0.15) is 11.5 Å². The highest BCUT2D eigenvalue weighted by Crippen LogP contribution is 2.25. The molecular formula is C12H22O2. The highest BCUT2D eigenvalue weighted by molar-refractivity contribution is 5.07. The van der Waals surface area contributed by atoms with Crippen molar-refractivity contribution in [3.63, 3.8) is 0 Å². The molecule has 0 saturated heterocycles. The lowest BCUT2D eigenvalue weighted by atomic mass is 9.86. The quantitative estimate of drug-likeness (QED) is 0.809. The molecule has 0 aliphatic heterocycles. The average molecular weight is 198 g/mol. The molecule has 1 rings (SSSR count). The second-order valence-electron chi connectivity index (χ2n) is 4.21. The molecule has 0 atom stereocenters. The Morgan fingerprint density at radius 2 is 1.86 bits per heavy atom. The monoisotopic (exact) mass is 198 g/mol. The Hall–Kier alpha value is -0.760. The molecule has 82 valence electrons. The molecule has 1 aromatic heterocycles. The molecule has 0 fully saturated rings. The fraction of sp³-hybridized carbons (Fsp3) is 0.667. The Bertz CT molecular complexity index is 249. The summed E-state index contributed by atoms with van der Waals surface area (Å²) >= 11 is 0. The van der Waals surface area contributed by atoms with Crippen molar-refractivity contribution in [3.8, 4) is 0 Å². The Morgan fingerprint density at radius 3 is 2.21 bits per heavy atom. The van der Waals surface area contributed by atoms with Crippen molar-refractivity contribution in [1.82, 2.24) is 0 Å². The maximum Gasteiger partial charge on any atom is 0.104 e. The van der Waals surface area contributed by atoms with Gasteiger partial charge in [0.2, 0.25) is 0 Å². The van der Waals surface area contributed by atoms with Crippen molar-refractivity contribution in [3.05, 3.63) is 23.7 Å². The number of rotatable bonds is 3. The van der Waals surface area contributed by atoms with Gasteiger partial charge in [-0.3, -0.25) is 0 Å². The first-order chi connectivity index (χ1) is 6.53. The lowest BCUT2D eigenvalue weighted by Gasteiger charge is -2.20. The SMILES string of the molecule is CCC(C)(C)Cc1ccc(C)o1.CO. The van der Waals surface area contributed by atoms with Gasteiger partial charge in [0.15, 0.2) is 0 Å². The molecule has 0 amide bonds. The molecule has 0 radical (unpaired) electrons. The minimum atomic E-state index is 0.365. The predicted molar refractivity (Wildman–Crippen MR) is 59.4 cm³/mol. The van der Waals surface area contributed by atoms with Gasteiger partial charge >= 0.3 is 0 Å². The average Bonchev–Trinajstić information content (AvgIpc) is 2.54. The third kappa shape index (κ3) is 4.47. The van der Waals surface area contributed by atoms with E-state index in [1.54, 1.807) is 0 Å². The van der Waals surface area contributed by atoms with Gasteiger partial charge in [0.25, 0.3) is 0 Å². The van der Waals surface area contributed by atoms with E-state index >= 15 is 0 Å². The van der Waals surface area contributed by atoms with E-state index in [0.29, 0.717) is 5.41 Å². The van der Waals surface area contributed by atoms with Gasteiger partial charge in [-0.1, -0.05) is 27.2 Å². The molecule has 1 heterocycles. The van der Waals surface area contributed by atoms with E-state index in [1.807, 2.05) is 13.0 Å². The molecule has 2 nitrogen and oxygen atoms in total. The molecule has 0 aliphatic carbocycles. The van der Waals surface area contributed by atoms with Crippen LogP contribution in [0.4, 0.5) is 0 Å². The molecule has 0 spiro atoms. The van der Waals surface area contributed by atoms with E-state index in [2.05, 4.69) is 26.8 Å². The van der Waals surface area contributed by atoms with Crippen LogP contribution in [-0.2, 0) is 6.42 Å². The van der Waals surface area contributed by atoms with Gasteiger partial charge in [-0.25, -0.2) is 0 Å². The summed E-state index contributed by atoms with van der Waals surface area (Å²) in [5, 5.41) is 7.00. The number of aliphatic hydroxyl groups excluding tert-OH is 1. The van der Waals surface area contributed by atoms with Gasteiger partial charge in [-0.2, -0.15) is 0 Å². The maximum atomic E-state index is 7.00. The minimum absolute atomic E-state index is 0.365. The van der Waals surface area contributed by atoms with Crippen molar-refractivity contribution in [2.45, 2.75) is 40.5 Å². The largest absolute Gasteiger partial charge is 0.466 e. The molecule has 14 heavy (non-hydrogen) atoms. The zero-order valence-corrected chi connectivity index (χ0v) is 9.92. The summed E-state index contributed by atoms with van der Waals surface area (Å²) in [5.74, 6) is 2.12. The van der Waals surface area contributed by atoms with Crippen molar-refractivity contribution in [2.75, 3.05) is 7.11 Å². The second kappa shape index (κ2) is 5.86. The summed E-state index contributed by atoms with van der Waals surface area (Å²) < 4.78 is 5.52. The Kier molecular flexibility index (Phi) is 5.55. The normalized spacial score (nSPS) is 10.7. The van der Waals surface area contributed by atoms with Gasteiger partial charge in [-0.15, -0.1) is 0 Å². The van der Waals surface area contributed by atoms with Crippen LogP contribution in [0.5, 0.6) is 0 Å². The molecule has 0 aliphatic rings. The summed E-state index contributed by atoms with van der Waals surface area (Å²) in [5.41, 5.74) is 0.365. The molecule has 0 aromatic carbocycles. The molecule has 1 N–H and O–H groups in total. The molecule has 0 saturated carbocycles. The van der Waals surface area contributed by atoms with E-state index in [-0.39, 0.29) is 0 Å². The van der Waals surface area contributed by atoms with Crippen LogP contribution in [0.25, 0.3) is 0 Å². The van der Waals surface area contributed by atoms with Crippen molar-refractivity contribution in [2.24, 2.45) is 5.41 Å². The number of furan rings is 1. The highest BCUT2D eigenvalue weighted by atomic mass is 16.3. The number of hydrogen-bond acceptors (Lipinski definition) is 2. The molecular weight excluding hydrogens is 176 g/mol. The maximum absolute atomic E-state index is 7.00. The van der Waals surface area contributed by atoms with Crippen LogP contribution in [0.3, 0.4) is 0 Å². The zero-order valence-electron chi connectivity index (χ0n) is 9.92. The Balaban J connectivity index is 0.000000791. The van der Waals surface area contributed by atoms with E-state index in [9.17, 15) is 0 Å². The van der Waals surface area contributed by atoms with Crippen LogP contribution in [0, 0.1) is 12.3 Å². The zero-order chi connectivity index (χ0) is 11.2. The van der Waals surface area contributed by atoms with Crippen molar-refractivity contribution >= 4 is 0 Å². The summed E-state index contributed by atoms with van der Waals surface area (Å²) in [6, 6.07) is 4.10. The third-order valence-corrected chi connectivity index (χ3v) is 2.41. The van der Waals surface area contributed by atoms with Gasteiger partial charge < -0.3 is 9.52 Å². The van der Waals surface area contributed by atoms with Gasteiger partial charge in [-0.05, 0) is 24.5 Å². The van der Waals surface area contributed by atoms with Gasteiger partial charge in [0.05, 0.1) is 0 Å². The van der Waals surface area contributed by atoms with Gasteiger partial charge in [0, 0.05) is 13.5 Å². The summed E-state index contributed by atoms with van der Waals surface area (Å²) in [6.45, 7) is 8.74. The van der Waals surface area contributed by atoms with Crippen LogP contribution < -0.4 is 0 Å². The smallest absolute Gasteiger partial charge is 0.104 e. The Labute approximate surface area is 86.9 Å². The second-order valence-corrected chi connectivity index (χ2v) is 4.21. The highest BCUT2D eigenvalue weighted by Gasteiger charge is 2.17. The van der Waals surface area contributed by atoms with Crippen LogP contribution >= 0.6 is 0 Å². The summed E-state index contributed by atoms with van der Waals surface area (Å²) in [6.07, 6.45) is 2.23. The van der Waals surface area contributed by atoms with Crippen LogP contribution in [-0.4, -0.2) is 12.2 Å². The van der Waals surface area contributed by atoms with Crippen LogP contribution in [0.2, 0.25) is 0 Å². The third-order valence-electron chi connectivity index (χ3n) is 2.41. The Morgan fingerprint density at radius 1 is 1.29 bits per heavy atom. The first kappa shape index (κ1) is 13.2. The minimum Gasteiger partial charge on any atom is -0.466 e. The number of aliphatic hydroxyl groups is 1. The van der Waals surface area contributed by atoms with E-state index in [4.69, 9.17) is 9.52 Å². The lowest BCUT2D eigenvalue weighted by Crippen LogP contribution is -2.12. The molecule has 0 bridgehead atoms. The summed E-state index contributed by atoms with van der Waals surface area (Å²) in [4.78, 5) is 0. The molecule has 0 unspecified atom stereocenters. The van der Waals surface area contributed by atoms with Crippen LogP contribution in [0.1, 0.15) is 38.7 Å². The standard InChI is InChI=1S/C11H18O.CH4O/c1-5-11(3,4)8-10-7-6-9(2)12-10;1-2/h6-7H,5,8H2,1-4H3;2H,1H3. The first-order valence-corrected chi connectivity index (χ1v) is 5.03. The van der Waals surface area contributed by atoms with E-state index in [1.165, 1.54) is 6.42 Å². The lowest BCUT2D eigenvalue weighted by molar-refractivity contribution is 0.314. The first-order valence-electron chi connectivity index (χ1n) is 5.03. The fourth-order valence-electron chi connectivity index (χ4n) is 1.18. The van der Waals surface area contributed by atoms with Crippen molar-refractivity contribution in [1.29, 1.82) is 0 Å². The number of aryl methyl sites for hydroxylation is 1. The molecule has 2 heteroatoms. The van der Waals surface area contributed by atoms with Crippen LogP contribution in [0.15, 0.2) is 16.5 Å². The predicted octanol–water partition coefficient (Wildman–Crippen LogP) is 3.18. The topological polar surface area (TPSA) is 33.4 Å². The van der Waals surface area contributed by atoms with E-state index in [0.717, 1.165) is 25.1 Å². The van der Waals surface area contributed by atoms with E-state index < -0.39 is 0 Å². The molecule has 1 aromatic rings.